The Balaban J connectivity index is 2.17. The van der Waals surface area contributed by atoms with Crippen LogP contribution in [0.4, 0.5) is 0 Å². The monoisotopic (exact) mass is 327 g/mol. The van der Waals surface area contributed by atoms with Gasteiger partial charge in [0.2, 0.25) is 0 Å². The summed E-state index contributed by atoms with van der Waals surface area (Å²) in [6.07, 6.45) is 4.98. The quantitative estimate of drug-likeness (QED) is 0.800. The average molecular weight is 327 g/mol. The minimum atomic E-state index is -0.646. The summed E-state index contributed by atoms with van der Waals surface area (Å²) >= 11 is 0. The Labute approximate surface area is 138 Å². The van der Waals surface area contributed by atoms with Crippen LogP contribution >= 0.6 is 0 Å². The Hall–Kier alpha value is -2.96. The topological polar surface area (TPSA) is 83.3 Å². The number of nitrogens with zero attached hydrogens (tertiary/aromatic N) is 3. The number of fused-ring (bicyclic) bond motifs is 1. The Morgan fingerprint density at radius 1 is 1.33 bits per heavy atom. The molecule has 2 aromatic rings. The van der Waals surface area contributed by atoms with Crippen molar-refractivity contribution in [2.45, 2.75) is 26.4 Å². The minimum Gasteiger partial charge on any atom is -0.481 e. The van der Waals surface area contributed by atoms with Gasteiger partial charge < -0.3 is 9.47 Å². The molecule has 0 bridgehead atoms. The molecule has 3 rings (SSSR count). The van der Waals surface area contributed by atoms with Gasteiger partial charge in [0.05, 0.1) is 18.5 Å². The predicted molar refractivity (Wildman–Crippen MR) is 86.8 cm³/mol. The van der Waals surface area contributed by atoms with Crippen molar-refractivity contribution in [2.75, 3.05) is 6.61 Å². The van der Waals surface area contributed by atoms with Gasteiger partial charge in [-0.2, -0.15) is 9.78 Å². The summed E-state index contributed by atoms with van der Waals surface area (Å²) in [6, 6.07) is 4.39. The summed E-state index contributed by atoms with van der Waals surface area (Å²) in [5, 5.41) is 4.16. The molecule has 24 heavy (non-hydrogen) atoms. The Morgan fingerprint density at radius 2 is 2.12 bits per heavy atom. The van der Waals surface area contributed by atoms with E-state index in [2.05, 4.69) is 10.1 Å². The van der Waals surface area contributed by atoms with Crippen molar-refractivity contribution >= 4 is 11.7 Å². The van der Waals surface area contributed by atoms with Gasteiger partial charge in [-0.3, -0.25) is 9.78 Å². The zero-order chi connectivity index (χ0) is 17.3. The van der Waals surface area contributed by atoms with E-state index in [1.165, 1.54) is 16.8 Å². The van der Waals surface area contributed by atoms with Gasteiger partial charge in [-0.05, 0) is 39.0 Å². The number of esters is 1. The van der Waals surface area contributed by atoms with Gasteiger partial charge >= 0.3 is 5.97 Å². The maximum absolute atomic E-state index is 12.3. The lowest BCUT2D eigenvalue weighted by molar-refractivity contribution is 0.0517. The lowest BCUT2D eigenvalue weighted by Crippen LogP contribution is -2.33. The van der Waals surface area contributed by atoms with E-state index in [-0.39, 0.29) is 17.9 Å². The summed E-state index contributed by atoms with van der Waals surface area (Å²) in [5.41, 5.74) is 0.290. The molecule has 0 saturated heterocycles. The van der Waals surface area contributed by atoms with Crippen LogP contribution in [0.5, 0.6) is 5.75 Å². The molecule has 0 amide bonds. The lowest BCUT2D eigenvalue weighted by atomic mass is 10.0. The number of hydrogen-bond acceptors (Lipinski definition) is 6. The van der Waals surface area contributed by atoms with Crippen molar-refractivity contribution in [1.29, 1.82) is 0 Å². The number of rotatable bonds is 3. The highest BCUT2D eigenvalue weighted by molar-refractivity contribution is 5.87. The van der Waals surface area contributed by atoms with Crippen molar-refractivity contribution in [2.24, 2.45) is 0 Å². The maximum Gasteiger partial charge on any atom is 0.358 e. The van der Waals surface area contributed by atoms with E-state index < -0.39 is 11.6 Å². The van der Waals surface area contributed by atoms with E-state index in [4.69, 9.17) is 9.47 Å². The summed E-state index contributed by atoms with van der Waals surface area (Å²) in [5.74, 6) is -0.0247. The highest BCUT2D eigenvalue weighted by Crippen LogP contribution is 2.35. The Kier molecular flexibility index (Phi) is 3.92. The third-order valence-electron chi connectivity index (χ3n) is 3.43. The van der Waals surface area contributed by atoms with Crippen molar-refractivity contribution in [1.82, 2.24) is 14.8 Å². The first kappa shape index (κ1) is 15.9. The Bertz CT molecular complexity index is 883. The van der Waals surface area contributed by atoms with Crippen LogP contribution in [0.2, 0.25) is 0 Å². The molecule has 0 saturated carbocycles. The second-order valence-corrected chi connectivity index (χ2v) is 5.80. The van der Waals surface area contributed by atoms with Crippen LogP contribution in [0.1, 0.15) is 36.8 Å². The fraction of sp³-hybridized carbons (Fsp3) is 0.294. The molecule has 3 heterocycles. The van der Waals surface area contributed by atoms with E-state index in [1.54, 1.807) is 31.5 Å². The van der Waals surface area contributed by atoms with Gasteiger partial charge in [-0.1, -0.05) is 0 Å². The lowest BCUT2D eigenvalue weighted by Gasteiger charge is -2.30. The van der Waals surface area contributed by atoms with Gasteiger partial charge in [0.1, 0.15) is 11.4 Å². The molecule has 0 atom stereocenters. The fourth-order valence-electron chi connectivity index (χ4n) is 2.47. The molecule has 0 radical (unpaired) electrons. The number of carbonyl (C=O) groups is 1. The van der Waals surface area contributed by atoms with Gasteiger partial charge in [0.15, 0.2) is 5.69 Å². The summed E-state index contributed by atoms with van der Waals surface area (Å²) < 4.78 is 12.0. The average Bonchev–Trinajstić information content (AvgIpc) is 2.54. The molecule has 7 heteroatoms. The van der Waals surface area contributed by atoms with Crippen molar-refractivity contribution < 1.29 is 14.3 Å². The van der Waals surface area contributed by atoms with E-state index in [0.717, 1.165) is 0 Å². The van der Waals surface area contributed by atoms with Crippen LogP contribution in [0.15, 0.2) is 41.5 Å². The molecule has 2 aromatic heterocycles. The van der Waals surface area contributed by atoms with E-state index in [1.807, 2.05) is 13.8 Å². The molecule has 0 aromatic carbocycles. The van der Waals surface area contributed by atoms with Gasteiger partial charge in [-0.25, -0.2) is 4.79 Å². The summed E-state index contributed by atoms with van der Waals surface area (Å²) in [7, 11) is 0. The molecular formula is C17H17N3O4. The molecule has 1 aliphatic rings. The van der Waals surface area contributed by atoms with Gasteiger partial charge in [0, 0.05) is 17.8 Å². The SMILES string of the molecule is CCOC(=O)c1ccc(=O)n(C2=CC(C)(C)Oc3cnccc32)n1. The van der Waals surface area contributed by atoms with Crippen LogP contribution in [0.25, 0.3) is 5.70 Å². The highest BCUT2D eigenvalue weighted by Gasteiger charge is 2.28. The first-order valence-electron chi connectivity index (χ1n) is 7.55. The number of carbonyl (C=O) groups excluding carboxylic acids is 1. The molecule has 0 unspecified atom stereocenters. The molecule has 0 aliphatic carbocycles. The number of hydrogen-bond donors (Lipinski definition) is 0. The smallest absolute Gasteiger partial charge is 0.358 e. The van der Waals surface area contributed by atoms with Gasteiger partial charge in [-0.15, -0.1) is 0 Å². The summed E-state index contributed by atoms with van der Waals surface area (Å²) in [4.78, 5) is 28.3. The normalized spacial score (nSPS) is 15.0. The summed E-state index contributed by atoms with van der Waals surface area (Å²) in [6.45, 7) is 5.67. The van der Waals surface area contributed by atoms with Crippen molar-refractivity contribution in [3.8, 4) is 5.75 Å². The standard InChI is InChI=1S/C17H17N3O4/c1-4-23-16(22)12-5-6-15(21)20(19-12)13-9-17(2,3)24-14-10-18-8-7-11(13)14/h5-10H,4H2,1-3H3. The van der Waals surface area contributed by atoms with Crippen LogP contribution in [-0.4, -0.2) is 32.9 Å². The first-order valence-corrected chi connectivity index (χ1v) is 7.55. The largest absolute Gasteiger partial charge is 0.481 e. The van der Waals surface area contributed by atoms with Crippen LogP contribution in [0, 0.1) is 0 Å². The zero-order valence-corrected chi connectivity index (χ0v) is 13.6. The molecule has 124 valence electrons. The molecule has 7 nitrogen and oxygen atoms in total. The second-order valence-electron chi connectivity index (χ2n) is 5.80. The Morgan fingerprint density at radius 3 is 2.88 bits per heavy atom. The van der Waals surface area contributed by atoms with E-state index >= 15 is 0 Å². The van der Waals surface area contributed by atoms with Crippen LogP contribution < -0.4 is 10.3 Å². The van der Waals surface area contributed by atoms with E-state index in [9.17, 15) is 9.59 Å². The number of pyridine rings is 1. The van der Waals surface area contributed by atoms with Crippen molar-refractivity contribution in [3.05, 3.63) is 58.3 Å². The molecule has 0 N–H and O–H groups in total. The molecule has 0 spiro atoms. The van der Waals surface area contributed by atoms with Crippen LogP contribution in [0.3, 0.4) is 0 Å². The maximum atomic E-state index is 12.3. The predicted octanol–water partition coefficient (Wildman–Crippen LogP) is 1.88. The second kappa shape index (κ2) is 5.92. The number of ether oxygens (including phenoxy) is 2. The van der Waals surface area contributed by atoms with E-state index in [0.29, 0.717) is 17.0 Å². The molecule has 0 fully saturated rings. The third-order valence-corrected chi connectivity index (χ3v) is 3.43. The van der Waals surface area contributed by atoms with Crippen molar-refractivity contribution in [3.63, 3.8) is 0 Å². The first-order chi connectivity index (χ1) is 11.4. The minimum absolute atomic E-state index is 0.0669. The zero-order valence-electron chi connectivity index (χ0n) is 13.6. The molecular weight excluding hydrogens is 310 g/mol. The highest BCUT2D eigenvalue weighted by atomic mass is 16.5. The van der Waals surface area contributed by atoms with Gasteiger partial charge in [0.25, 0.3) is 5.56 Å². The molecule has 1 aliphatic heterocycles. The third kappa shape index (κ3) is 2.92. The fourth-order valence-corrected chi connectivity index (χ4v) is 2.47. The van der Waals surface area contributed by atoms with Crippen LogP contribution in [-0.2, 0) is 4.74 Å². The number of aromatic nitrogens is 3.